The number of rotatable bonds is 4. The van der Waals surface area contributed by atoms with Crippen molar-refractivity contribution in [3.05, 3.63) is 70.9 Å². The van der Waals surface area contributed by atoms with Crippen LogP contribution >= 0.6 is 11.6 Å². The van der Waals surface area contributed by atoms with Gasteiger partial charge in [0.1, 0.15) is 4.90 Å². The van der Waals surface area contributed by atoms with Crippen molar-refractivity contribution in [3.8, 4) is 0 Å². The molecule has 1 aliphatic rings. The monoisotopic (exact) mass is 443 g/mol. The minimum atomic E-state index is -3.69. The lowest BCUT2D eigenvalue weighted by molar-refractivity contribution is 0.0829. The molecule has 4 rings (SSSR count). The second kappa shape index (κ2) is 7.98. The summed E-state index contributed by atoms with van der Waals surface area (Å²) < 4.78 is 27.6. The van der Waals surface area contributed by atoms with E-state index in [1.54, 1.807) is 38.4 Å². The topological polar surface area (TPSA) is 70.6 Å². The molecular weight excluding hydrogens is 422 g/mol. The van der Waals surface area contributed by atoms with Gasteiger partial charge in [-0.15, -0.1) is 0 Å². The molecule has 0 spiro atoms. The molecule has 8 heteroatoms. The van der Waals surface area contributed by atoms with E-state index in [1.165, 1.54) is 15.3 Å². The molecule has 2 aromatic carbocycles. The molecule has 1 aliphatic heterocycles. The zero-order valence-electron chi connectivity index (χ0n) is 16.7. The van der Waals surface area contributed by atoms with Crippen molar-refractivity contribution < 1.29 is 13.2 Å². The van der Waals surface area contributed by atoms with Gasteiger partial charge in [-0.2, -0.15) is 4.31 Å². The van der Waals surface area contributed by atoms with Crippen LogP contribution in [0.2, 0.25) is 5.02 Å². The second-order valence-electron chi connectivity index (χ2n) is 7.59. The highest BCUT2D eigenvalue weighted by molar-refractivity contribution is 7.89. The Morgan fingerprint density at radius 2 is 1.83 bits per heavy atom. The van der Waals surface area contributed by atoms with Crippen LogP contribution in [0.5, 0.6) is 0 Å². The van der Waals surface area contributed by atoms with E-state index in [1.807, 2.05) is 24.3 Å². The summed E-state index contributed by atoms with van der Waals surface area (Å²) in [6.07, 6.45) is 0.630. The van der Waals surface area contributed by atoms with Crippen LogP contribution < -0.4 is 0 Å². The number of carbonyl (C=O) groups is 1. The first-order valence-corrected chi connectivity index (χ1v) is 11.5. The van der Waals surface area contributed by atoms with Crippen LogP contribution in [0.25, 0.3) is 10.9 Å². The van der Waals surface area contributed by atoms with E-state index >= 15 is 0 Å². The molecule has 6 nitrogen and oxygen atoms in total. The first kappa shape index (κ1) is 20.8. The van der Waals surface area contributed by atoms with Gasteiger partial charge in [-0.3, -0.25) is 9.78 Å². The first-order chi connectivity index (χ1) is 14.3. The van der Waals surface area contributed by atoms with Crippen LogP contribution in [-0.2, 0) is 10.0 Å². The number of amides is 1. The maximum Gasteiger partial charge on any atom is 0.254 e. The Labute approximate surface area is 181 Å². The highest BCUT2D eigenvalue weighted by atomic mass is 35.5. The molecule has 0 saturated carbocycles. The number of nitrogens with zero attached hydrogens (tertiary/aromatic N) is 3. The molecule has 30 heavy (non-hydrogen) atoms. The van der Waals surface area contributed by atoms with Crippen molar-refractivity contribution in [1.82, 2.24) is 14.2 Å². The Morgan fingerprint density at radius 1 is 1.13 bits per heavy atom. The lowest BCUT2D eigenvalue weighted by atomic mass is 9.99. The standard InChI is InChI=1S/C22H22ClN3O3S/c1-25(2)22(27)17-13-20(24-19-9-5-3-7-16(17)19)15-11-12-26(14-15)30(28,29)21-10-6-4-8-18(21)23/h3-10,13,15H,11-12,14H2,1-2H3/t15-/m0/s1. The van der Waals surface area contributed by atoms with Crippen molar-refractivity contribution in [2.75, 3.05) is 27.2 Å². The fraction of sp³-hybridized carbons (Fsp3) is 0.273. The van der Waals surface area contributed by atoms with Gasteiger partial charge in [0.2, 0.25) is 10.0 Å². The van der Waals surface area contributed by atoms with Crippen molar-refractivity contribution in [3.63, 3.8) is 0 Å². The lowest BCUT2D eigenvalue weighted by Crippen LogP contribution is -2.29. The first-order valence-electron chi connectivity index (χ1n) is 9.65. The van der Waals surface area contributed by atoms with Gasteiger partial charge in [0, 0.05) is 44.2 Å². The summed E-state index contributed by atoms with van der Waals surface area (Å²) in [6.45, 7) is 0.679. The van der Waals surface area contributed by atoms with E-state index in [0.29, 0.717) is 25.1 Å². The maximum atomic E-state index is 13.1. The molecule has 1 aromatic heterocycles. The van der Waals surface area contributed by atoms with Crippen LogP contribution in [0.15, 0.2) is 59.5 Å². The SMILES string of the molecule is CN(C)C(=O)c1cc([C@H]2CCN(S(=O)(=O)c3ccccc3Cl)C2)nc2ccccc12. The van der Waals surface area contributed by atoms with Crippen molar-refractivity contribution in [2.24, 2.45) is 0 Å². The molecule has 0 unspecified atom stereocenters. The summed E-state index contributed by atoms with van der Waals surface area (Å²) in [7, 11) is -0.268. The highest BCUT2D eigenvalue weighted by Gasteiger charge is 2.35. The molecular formula is C22H22ClN3O3S. The van der Waals surface area contributed by atoms with Crippen LogP contribution in [-0.4, -0.2) is 55.7 Å². The number of sulfonamides is 1. The van der Waals surface area contributed by atoms with Gasteiger partial charge in [0.05, 0.1) is 16.1 Å². The highest BCUT2D eigenvalue weighted by Crippen LogP contribution is 2.34. The predicted octanol–water partition coefficient (Wildman–Crippen LogP) is 3.77. The summed E-state index contributed by atoms with van der Waals surface area (Å²) in [4.78, 5) is 19.1. The van der Waals surface area contributed by atoms with Gasteiger partial charge in [-0.25, -0.2) is 8.42 Å². The third-order valence-electron chi connectivity index (χ3n) is 5.40. The molecule has 1 saturated heterocycles. The number of hydrogen-bond donors (Lipinski definition) is 0. The van der Waals surface area contributed by atoms with Crippen molar-refractivity contribution >= 4 is 38.4 Å². The second-order valence-corrected chi connectivity index (χ2v) is 9.90. The van der Waals surface area contributed by atoms with Gasteiger partial charge in [0.15, 0.2) is 0 Å². The summed E-state index contributed by atoms with van der Waals surface area (Å²) in [6, 6.07) is 15.8. The average Bonchev–Trinajstić information content (AvgIpc) is 3.24. The third kappa shape index (κ3) is 3.69. The molecule has 1 fully saturated rings. The summed E-state index contributed by atoms with van der Waals surface area (Å²) >= 11 is 6.13. The van der Waals surface area contributed by atoms with E-state index in [2.05, 4.69) is 0 Å². The minimum absolute atomic E-state index is 0.0967. The number of hydrogen-bond acceptors (Lipinski definition) is 4. The molecule has 0 bridgehead atoms. The number of aromatic nitrogens is 1. The van der Waals surface area contributed by atoms with E-state index in [9.17, 15) is 13.2 Å². The van der Waals surface area contributed by atoms with Crippen LogP contribution in [0.1, 0.15) is 28.4 Å². The van der Waals surface area contributed by atoms with Crippen LogP contribution in [0.3, 0.4) is 0 Å². The Morgan fingerprint density at radius 3 is 2.57 bits per heavy atom. The Hall–Kier alpha value is -2.48. The summed E-state index contributed by atoms with van der Waals surface area (Å²) in [5, 5.41) is 1.00. The molecule has 3 aromatic rings. The van der Waals surface area contributed by atoms with Gasteiger partial charge in [-0.05, 0) is 30.7 Å². The van der Waals surface area contributed by atoms with Gasteiger partial charge >= 0.3 is 0 Å². The molecule has 2 heterocycles. The normalized spacial score (nSPS) is 17.4. The predicted molar refractivity (Wildman–Crippen MR) is 117 cm³/mol. The molecule has 1 atom stereocenters. The summed E-state index contributed by atoms with van der Waals surface area (Å²) in [5.74, 6) is -0.200. The molecule has 1 amide bonds. The zero-order chi connectivity index (χ0) is 21.5. The smallest absolute Gasteiger partial charge is 0.254 e. The third-order valence-corrected chi connectivity index (χ3v) is 7.76. The molecule has 0 aliphatic carbocycles. The minimum Gasteiger partial charge on any atom is -0.345 e. The maximum absolute atomic E-state index is 13.1. The van der Waals surface area contributed by atoms with Crippen molar-refractivity contribution in [1.29, 1.82) is 0 Å². The van der Waals surface area contributed by atoms with Crippen LogP contribution in [0.4, 0.5) is 0 Å². The van der Waals surface area contributed by atoms with E-state index < -0.39 is 10.0 Å². The quantitative estimate of drug-likeness (QED) is 0.615. The van der Waals surface area contributed by atoms with Crippen LogP contribution in [0, 0.1) is 0 Å². The molecule has 0 N–H and O–H groups in total. The number of para-hydroxylation sites is 1. The van der Waals surface area contributed by atoms with Gasteiger partial charge < -0.3 is 4.90 Å². The number of fused-ring (bicyclic) bond motifs is 1. The molecule has 0 radical (unpaired) electrons. The number of pyridine rings is 1. The Balaban J connectivity index is 1.69. The Kier molecular flexibility index (Phi) is 5.53. The fourth-order valence-corrected chi connectivity index (χ4v) is 5.80. The Bertz CT molecular complexity index is 1230. The largest absolute Gasteiger partial charge is 0.345 e. The van der Waals surface area contributed by atoms with Gasteiger partial charge in [0.25, 0.3) is 5.91 Å². The number of halogens is 1. The average molecular weight is 444 g/mol. The zero-order valence-corrected chi connectivity index (χ0v) is 18.3. The molecule has 156 valence electrons. The number of carbonyl (C=O) groups excluding carboxylic acids is 1. The van der Waals surface area contributed by atoms with E-state index in [0.717, 1.165) is 16.6 Å². The summed E-state index contributed by atoms with van der Waals surface area (Å²) in [5.41, 5.74) is 2.04. The van der Waals surface area contributed by atoms with Gasteiger partial charge in [-0.1, -0.05) is 41.9 Å². The van der Waals surface area contributed by atoms with E-state index in [4.69, 9.17) is 16.6 Å². The fourth-order valence-electron chi connectivity index (χ4n) is 3.80. The lowest BCUT2D eigenvalue weighted by Gasteiger charge is -2.18. The van der Waals surface area contributed by atoms with Crippen molar-refractivity contribution in [2.45, 2.75) is 17.2 Å². The number of benzene rings is 2. The van der Waals surface area contributed by atoms with E-state index in [-0.39, 0.29) is 21.7 Å².